The molecule has 68 valence electrons. The zero-order chi connectivity index (χ0) is 8.97. The average molecular weight is 168 g/mol. The van der Waals surface area contributed by atoms with Crippen molar-refractivity contribution in [3.05, 3.63) is 23.8 Å². The van der Waals surface area contributed by atoms with Crippen molar-refractivity contribution in [1.29, 1.82) is 0 Å². The number of allylic oxidation sites excluding steroid dienone is 4. The lowest BCUT2D eigenvalue weighted by Crippen LogP contribution is -2.15. The van der Waals surface area contributed by atoms with Crippen LogP contribution in [0.15, 0.2) is 23.8 Å². The van der Waals surface area contributed by atoms with Gasteiger partial charge in [-0.05, 0) is 25.2 Å². The second-order valence-corrected chi connectivity index (χ2v) is 3.48. The van der Waals surface area contributed by atoms with Crippen LogP contribution in [0.1, 0.15) is 20.3 Å². The Balaban J connectivity index is 2.41. The lowest BCUT2D eigenvalue weighted by atomic mass is 9.87. The molecule has 1 N–H and O–H groups in total. The minimum Gasteiger partial charge on any atom is -0.252 e. The van der Waals surface area contributed by atoms with E-state index < -0.39 is 0 Å². The maximum Gasteiger partial charge on any atom is 0.0851 e. The average Bonchev–Trinajstić information content (AvgIpc) is 2.06. The number of hydrogen-bond donors (Lipinski definition) is 1. The van der Waals surface area contributed by atoms with Crippen molar-refractivity contribution in [3.63, 3.8) is 0 Å². The van der Waals surface area contributed by atoms with Crippen molar-refractivity contribution in [1.82, 2.24) is 0 Å². The van der Waals surface area contributed by atoms with Crippen molar-refractivity contribution in [2.45, 2.75) is 20.3 Å². The van der Waals surface area contributed by atoms with Gasteiger partial charge in [-0.25, -0.2) is 4.89 Å². The van der Waals surface area contributed by atoms with Crippen molar-refractivity contribution < 1.29 is 10.1 Å². The summed E-state index contributed by atoms with van der Waals surface area (Å²) >= 11 is 0. The SMILES string of the molecule is CC1=CCC(C(C)COO)C=C1. The molecule has 2 nitrogen and oxygen atoms in total. The maximum atomic E-state index is 8.28. The van der Waals surface area contributed by atoms with Crippen LogP contribution in [0.3, 0.4) is 0 Å². The van der Waals surface area contributed by atoms with Gasteiger partial charge in [0.2, 0.25) is 0 Å². The van der Waals surface area contributed by atoms with Crippen LogP contribution in [-0.2, 0) is 4.89 Å². The molecule has 1 rings (SSSR count). The number of hydrogen-bond acceptors (Lipinski definition) is 2. The molecular weight excluding hydrogens is 152 g/mol. The van der Waals surface area contributed by atoms with Crippen LogP contribution >= 0.6 is 0 Å². The predicted octanol–water partition coefficient (Wildman–Crippen LogP) is 2.63. The Bertz CT molecular complexity index is 194. The molecule has 0 radical (unpaired) electrons. The van der Waals surface area contributed by atoms with Crippen LogP contribution in [0, 0.1) is 11.8 Å². The molecule has 0 heterocycles. The maximum absolute atomic E-state index is 8.28. The summed E-state index contributed by atoms with van der Waals surface area (Å²) < 4.78 is 0. The van der Waals surface area contributed by atoms with Crippen molar-refractivity contribution in [3.8, 4) is 0 Å². The Morgan fingerprint density at radius 1 is 1.75 bits per heavy atom. The fourth-order valence-corrected chi connectivity index (χ4v) is 1.41. The predicted molar refractivity (Wildman–Crippen MR) is 48.7 cm³/mol. The lowest BCUT2D eigenvalue weighted by Gasteiger charge is -2.20. The first kappa shape index (κ1) is 9.49. The van der Waals surface area contributed by atoms with Crippen molar-refractivity contribution in [2.24, 2.45) is 11.8 Å². The summed E-state index contributed by atoms with van der Waals surface area (Å²) in [6.45, 7) is 4.60. The van der Waals surface area contributed by atoms with E-state index in [2.05, 4.69) is 37.0 Å². The second kappa shape index (κ2) is 4.43. The van der Waals surface area contributed by atoms with Gasteiger partial charge in [-0.3, -0.25) is 5.26 Å². The highest BCUT2D eigenvalue weighted by Crippen LogP contribution is 2.23. The normalized spacial score (nSPS) is 25.2. The molecule has 0 fully saturated rings. The molecular formula is C10H16O2. The van der Waals surface area contributed by atoms with E-state index in [1.165, 1.54) is 5.57 Å². The van der Waals surface area contributed by atoms with Gasteiger partial charge in [-0.15, -0.1) is 0 Å². The molecule has 0 spiro atoms. The monoisotopic (exact) mass is 168 g/mol. The zero-order valence-corrected chi connectivity index (χ0v) is 7.66. The highest BCUT2D eigenvalue weighted by molar-refractivity contribution is 5.21. The summed E-state index contributed by atoms with van der Waals surface area (Å²) in [6.07, 6.45) is 7.60. The summed E-state index contributed by atoms with van der Waals surface area (Å²) in [5, 5.41) is 8.28. The highest BCUT2D eigenvalue weighted by Gasteiger charge is 2.15. The molecule has 0 aliphatic heterocycles. The first-order valence-corrected chi connectivity index (χ1v) is 4.35. The minimum absolute atomic E-state index is 0.385. The largest absolute Gasteiger partial charge is 0.252 e. The summed E-state index contributed by atoms with van der Waals surface area (Å²) in [5.74, 6) is 0.899. The molecule has 2 unspecified atom stereocenters. The van der Waals surface area contributed by atoms with Gasteiger partial charge >= 0.3 is 0 Å². The third kappa shape index (κ3) is 2.47. The highest BCUT2D eigenvalue weighted by atomic mass is 17.1. The van der Waals surface area contributed by atoms with Crippen molar-refractivity contribution in [2.75, 3.05) is 6.61 Å². The molecule has 1 aliphatic carbocycles. The van der Waals surface area contributed by atoms with Gasteiger partial charge in [0, 0.05) is 0 Å². The van der Waals surface area contributed by atoms with Gasteiger partial charge in [0.1, 0.15) is 0 Å². The van der Waals surface area contributed by atoms with Gasteiger partial charge in [-0.2, -0.15) is 0 Å². The Morgan fingerprint density at radius 2 is 2.50 bits per heavy atom. The topological polar surface area (TPSA) is 29.5 Å². The van der Waals surface area contributed by atoms with Gasteiger partial charge in [0.05, 0.1) is 6.61 Å². The van der Waals surface area contributed by atoms with E-state index in [-0.39, 0.29) is 0 Å². The van der Waals surface area contributed by atoms with Gasteiger partial charge in [-0.1, -0.05) is 30.7 Å². The molecule has 1 aliphatic rings. The van der Waals surface area contributed by atoms with E-state index in [0.29, 0.717) is 18.4 Å². The standard InChI is InChI=1S/C10H16O2/c1-8-3-5-10(6-4-8)9(2)7-12-11/h3-5,9-11H,6-7H2,1-2H3. The molecule has 2 atom stereocenters. The van der Waals surface area contributed by atoms with E-state index >= 15 is 0 Å². The van der Waals surface area contributed by atoms with E-state index in [9.17, 15) is 0 Å². The Hall–Kier alpha value is -0.600. The first-order chi connectivity index (χ1) is 5.74. The van der Waals surface area contributed by atoms with Crippen LogP contribution in [-0.4, -0.2) is 11.9 Å². The van der Waals surface area contributed by atoms with Gasteiger partial charge in [0.15, 0.2) is 0 Å². The summed E-state index contributed by atoms with van der Waals surface area (Å²) in [5.41, 5.74) is 1.32. The third-order valence-corrected chi connectivity index (χ3v) is 2.39. The quantitative estimate of drug-likeness (QED) is 0.518. The molecule has 0 aromatic rings. The first-order valence-electron chi connectivity index (χ1n) is 4.35. The number of rotatable bonds is 3. The van der Waals surface area contributed by atoms with Crippen molar-refractivity contribution >= 4 is 0 Å². The molecule has 0 aromatic carbocycles. The van der Waals surface area contributed by atoms with E-state index in [1.807, 2.05) is 0 Å². The smallest absolute Gasteiger partial charge is 0.0851 e. The third-order valence-electron chi connectivity index (χ3n) is 2.39. The van der Waals surface area contributed by atoms with Crippen LogP contribution in [0.2, 0.25) is 0 Å². The van der Waals surface area contributed by atoms with Gasteiger partial charge in [0.25, 0.3) is 0 Å². The summed E-state index contributed by atoms with van der Waals surface area (Å²) in [4.78, 5) is 4.13. The van der Waals surface area contributed by atoms with Crippen LogP contribution in [0.25, 0.3) is 0 Å². The molecule has 0 aromatic heterocycles. The fourth-order valence-electron chi connectivity index (χ4n) is 1.41. The second-order valence-electron chi connectivity index (χ2n) is 3.48. The lowest BCUT2D eigenvalue weighted by molar-refractivity contribution is -0.251. The zero-order valence-electron chi connectivity index (χ0n) is 7.66. The van der Waals surface area contributed by atoms with Crippen LogP contribution < -0.4 is 0 Å². The van der Waals surface area contributed by atoms with Gasteiger partial charge < -0.3 is 0 Å². The molecule has 0 saturated heterocycles. The van der Waals surface area contributed by atoms with Crippen LogP contribution in [0.4, 0.5) is 0 Å². The Labute approximate surface area is 73.5 Å². The van der Waals surface area contributed by atoms with E-state index in [0.717, 1.165) is 6.42 Å². The fraction of sp³-hybridized carbons (Fsp3) is 0.600. The summed E-state index contributed by atoms with van der Waals surface area (Å²) in [6, 6.07) is 0. The Morgan fingerprint density at radius 3 is 3.00 bits per heavy atom. The molecule has 12 heavy (non-hydrogen) atoms. The van der Waals surface area contributed by atoms with E-state index in [1.54, 1.807) is 0 Å². The molecule has 0 saturated carbocycles. The molecule has 2 heteroatoms. The Kier molecular flexibility index (Phi) is 3.50. The summed E-state index contributed by atoms with van der Waals surface area (Å²) in [7, 11) is 0. The molecule has 0 bridgehead atoms. The van der Waals surface area contributed by atoms with E-state index in [4.69, 9.17) is 5.26 Å². The van der Waals surface area contributed by atoms with Crippen LogP contribution in [0.5, 0.6) is 0 Å². The molecule has 0 amide bonds. The minimum atomic E-state index is 0.385.